The van der Waals surface area contributed by atoms with Crippen molar-refractivity contribution in [2.75, 3.05) is 37.7 Å². The van der Waals surface area contributed by atoms with E-state index in [-0.39, 0.29) is 11.9 Å². The standard InChI is InChI=1S/C17H24N6O2/c1-4-25-15-12-13(2)19-17(20-15)22-10-8-21(9-11-22)16(24)14(3)23-7-5-6-18-23/h5-7,12,14H,4,8-11H2,1-3H3/t14-/m0/s1. The lowest BCUT2D eigenvalue weighted by molar-refractivity contribution is -0.134. The van der Waals surface area contributed by atoms with Gasteiger partial charge in [0.05, 0.1) is 6.61 Å². The second-order valence-electron chi connectivity index (χ2n) is 6.05. The van der Waals surface area contributed by atoms with E-state index in [0.717, 1.165) is 5.69 Å². The summed E-state index contributed by atoms with van der Waals surface area (Å²) in [6.45, 7) is 9.00. The molecule has 0 unspecified atom stereocenters. The van der Waals surface area contributed by atoms with Crippen LogP contribution in [0.1, 0.15) is 25.6 Å². The highest BCUT2D eigenvalue weighted by Gasteiger charge is 2.27. The molecule has 134 valence electrons. The lowest BCUT2D eigenvalue weighted by Crippen LogP contribution is -2.50. The van der Waals surface area contributed by atoms with Crippen LogP contribution in [0, 0.1) is 6.92 Å². The summed E-state index contributed by atoms with van der Waals surface area (Å²) >= 11 is 0. The molecule has 0 radical (unpaired) electrons. The van der Waals surface area contributed by atoms with Gasteiger partial charge in [0, 0.05) is 50.3 Å². The van der Waals surface area contributed by atoms with Crippen molar-refractivity contribution >= 4 is 11.9 Å². The fourth-order valence-electron chi connectivity index (χ4n) is 2.90. The minimum Gasteiger partial charge on any atom is -0.478 e. The molecule has 1 aliphatic rings. The van der Waals surface area contributed by atoms with E-state index in [1.807, 2.05) is 44.0 Å². The van der Waals surface area contributed by atoms with E-state index in [9.17, 15) is 4.79 Å². The monoisotopic (exact) mass is 344 g/mol. The van der Waals surface area contributed by atoms with Crippen LogP contribution in [0.25, 0.3) is 0 Å². The Hall–Kier alpha value is -2.64. The van der Waals surface area contributed by atoms with Crippen LogP contribution >= 0.6 is 0 Å². The Morgan fingerprint density at radius 3 is 2.68 bits per heavy atom. The van der Waals surface area contributed by atoms with Crippen molar-refractivity contribution in [3.8, 4) is 5.88 Å². The predicted octanol–water partition coefficient (Wildman–Crippen LogP) is 1.29. The Balaban J connectivity index is 1.63. The summed E-state index contributed by atoms with van der Waals surface area (Å²) in [5.41, 5.74) is 0.874. The van der Waals surface area contributed by atoms with E-state index in [2.05, 4.69) is 20.0 Å². The molecule has 1 fully saturated rings. The van der Waals surface area contributed by atoms with Crippen molar-refractivity contribution in [1.29, 1.82) is 0 Å². The van der Waals surface area contributed by atoms with Gasteiger partial charge in [0.25, 0.3) is 0 Å². The highest BCUT2D eigenvalue weighted by Crippen LogP contribution is 2.18. The third-order valence-electron chi connectivity index (χ3n) is 4.26. The number of aromatic nitrogens is 4. The molecular formula is C17H24N6O2. The Labute approximate surface area is 147 Å². The van der Waals surface area contributed by atoms with E-state index >= 15 is 0 Å². The largest absolute Gasteiger partial charge is 0.478 e. The summed E-state index contributed by atoms with van der Waals surface area (Å²) in [6, 6.07) is 3.37. The van der Waals surface area contributed by atoms with Gasteiger partial charge in [-0.2, -0.15) is 10.1 Å². The van der Waals surface area contributed by atoms with Crippen molar-refractivity contribution < 1.29 is 9.53 Å². The topological polar surface area (TPSA) is 76.4 Å². The third-order valence-corrected chi connectivity index (χ3v) is 4.26. The number of carbonyl (C=O) groups excluding carboxylic acids is 1. The van der Waals surface area contributed by atoms with E-state index in [1.54, 1.807) is 10.9 Å². The van der Waals surface area contributed by atoms with Crippen LogP contribution < -0.4 is 9.64 Å². The zero-order valence-electron chi connectivity index (χ0n) is 14.9. The zero-order chi connectivity index (χ0) is 17.8. The normalized spacial score (nSPS) is 16.0. The van der Waals surface area contributed by atoms with Crippen LogP contribution in [0.3, 0.4) is 0 Å². The molecule has 2 aromatic rings. The van der Waals surface area contributed by atoms with Crippen molar-refractivity contribution in [2.45, 2.75) is 26.8 Å². The zero-order valence-corrected chi connectivity index (χ0v) is 14.9. The summed E-state index contributed by atoms with van der Waals surface area (Å²) in [5, 5.41) is 4.16. The predicted molar refractivity (Wildman–Crippen MR) is 93.7 cm³/mol. The molecule has 8 nitrogen and oxygen atoms in total. The van der Waals surface area contributed by atoms with Gasteiger partial charge in [-0.1, -0.05) is 0 Å². The van der Waals surface area contributed by atoms with Gasteiger partial charge < -0.3 is 14.5 Å². The lowest BCUT2D eigenvalue weighted by atomic mass is 10.2. The number of hydrogen-bond donors (Lipinski definition) is 0. The van der Waals surface area contributed by atoms with E-state index in [0.29, 0.717) is 44.6 Å². The Morgan fingerprint density at radius 1 is 1.28 bits per heavy atom. The summed E-state index contributed by atoms with van der Waals surface area (Å²) < 4.78 is 7.19. The Kier molecular flexibility index (Phi) is 5.16. The molecule has 25 heavy (non-hydrogen) atoms. The number of piperazine rings is 1. The maximum atomic E-state index is 12.6. The molecule has 0 spiro atoms. The van der Waals surface area contributed by atoms with E-state index in [4.69, 9.17) is 4.74 Å². The molecule has 3 rings (SSSR count). The fourth-order valence-corrected chi connectivity index (χ4v) is 2.90. The van der Waals surface area contributed by atoms with Gasteiger partial charge in [-0.3, -0.25) is 9.48 Å². The number of carbonyl (C=O) groups is 1. The van der Waals surface area contributed by atoms with Gasteiger partial charge in [-0.15, -0.1) is 0 Å². The molecular weight excluding hydrogens is 320 g/mol. The van der Waals surface area contributed by atoms with Crippen molar-refractivity contribution in [1.82, 2.24) is 24.6 Å². The van der Waals surface area contributed by atoms with Gasteiger partial charge in [0.2, 0.25) is 17.7 Å². The molecule has 2 aromatic heterocycles. The first-order valence-corrected chi connectivity index (χ1v) is 8.60. The molecule has 0 bridgehead atoms. The van der Waals surface area contributed by atoms with Crippen LogP contribution in [-0.2, 0) is 4.79 Å². The quantitative estimate of drug-likeness (QED) is 0.813. The number of anilines is 1. The average molecular weight is 344 g/mol. The fraction of sp³-hybridized carbons (Fsp3) is 0.529. The minimum absolute atomic E-state index is 0.0866. The second-order valence-corrected chi connectivity index (χ2v) is 6.05. The van der Waals surface area contributed by atoms with Gasteiger partial charge in [-0.25, -0.2) is 4.98 Å². The average Bonchev–Trinajstić information content (AvgIpc) is 3.15. The number of rotatable bonds is 5. The van der Waals surface area contributed by atoms with Crippen molar-refractivity contribution in [2.24, 2.45) is 0 Å². The number of ether oxygens (including phenoxy) is 1. The Bertz CT molecular complexity index is 710. The van der Waals surface area contributed by atoms with Gasteiger partial charge in [0.15, 0.2) is 0 Å². The van der Waals surface area contributed by atoms with Crippen molar-refractivity contribution in [3.63, 3.8) is 0 Å². The van der Waals surface area contributed by atoms with E-state index < -0.39 is 0 Å². The van der Waals surface area contributed by atoms with Crippen LogP contribution in [0.5, 0.6) is 5.88 Å². The lowest BCUT2D eigenvalue weighted by Gasteiger charge is -2.36. The minimum atomic E-state index is -0.290. The van der Waals surface area contributed by atoms with Crippen LogP contribution in [0.4, 0.5) is 5.95 Å². The third kappa shape index (κ3) is 3.89. The van der Waals surface area contributed by atoms with Crippen LogP contribution in [0.15, 0.2) is 24.5 Å². The molecule has 1 saturated heterocycles. The van der Waals surface area contributed by atoms with Crippen LogP contribution in [0.2, 0.25) is 0 Å². The Morgan fingerprint density at radius 2 is 2.04 bits per heavy atom. The number of nitrogens with zero attached hydrogens (tertiary/aromatic N) is 6. The van der Waals surface area contributed by atoms with Gasteiger partial charge in [0.1, 0.15) is 6.04 Å². The SMILES string of the molecule is CCOc1cc(C)nc(N2CCN(C(=O)[C@H](C)n3cccn3)CC2)n1. The molecule has 0 aromatic carbocycles. The molecule has 0 N–H and O–H groups in total. The first-order valence-electron chi connectivity index (χ1n) is 8.60. The number of hydrogen-bond acceptors (Lipinski definition) is 6. The smallest absolute Gasteiger partial charge is 0.247 e. The molecule has 3 heterocycles. The first-order chi connectivity index (χ1) is 12.1. The molecule has 0 aliphatic carbocycles. The van der Waals surface area contributed by atoms with E-state index in [1.165, 1.54) is 0 Å². The number of aryl methyl sites for hydroxylation is 1. The molecule has 0 saturated carbocycles. The summed E-state index contributed by atoms with van der Waals surface area (Å²) in [7, 11) is 0. The summed E-state index contributed by atoms with van der Waals surface area (Å²) in [6.07, 6.45) is 3.50. The molecule has 1 amide bonds. The second kappa shape index (κ2) is 7.50. The van der Waals surface area contributed by atoms with Gasteiger partial charge >= 0.3 is 0 Å². The molecule has 8 heteroatoms. The summed E-state index contributed by atoms with van der Waals surface area (Å²) in [4.78, 5) is 25.6. The van der Waals surface area contributed by atoms with Crippen molar-refractivity contribution in [3.05, 3.63) is 30.2 Å². The summed E-state index contributed by atoms with van der Waals surface area (Å²) in [5.74, 6) is 1.34. The van der Waals surface area contributed by atoms with Gasteiger partial charge in [-0.05, 0) is 26.8 Å². The maximum absolute atomic E-state index is 12.6. The maximum Gasteiger partial charge on any atom is 0.247 e. The van der Waals surface area contributed by atoms with Crippen LogP contribution in [-0.4, -0.2) is 63.3 Å². The molecule has 1 atom stereocenters. The first kappa shape index (κ1) is 17.2. The highest BCUT2D eigenvalue weighted by atomic mass is 16.5. The highest BCUT2D eigenvalue weighted by molar-refractivity contribution is 5.80. The number of amides is 1. The molecule has 1 aliphatic heterocycles.